The zero-order valence-corrected chi connectivity index (χ0v) is 12.0. The summed E-state index contributed by atoms with van der Waals surface area (Å²) < 4.78 is 5.44. The lowest BCUT2D eigenvalue weighted by atomic mass is 9.88. The van der Waals surface area contributed by atoms with E-state index in [0.717, 1.165) is 25.1 Å². The summed E-state index contributed by atoms with van der Waals surface area (Å²) in [4.78, 5) is 14.4. The Bertz CT molecular complexity index is 477. The van der Waals surface area contributed by atoms with Crippen LogP contribution in [0.15, 0.2) is 24.3 Å². The summed E-state index contributed by atoms with van der Waals surface area (Å²) in [6, 6.07) is 8.09. The Morgan fingerprint density at radius 1 is 1.37 bits per heavy atom. The molecular formula is C15H19NO2S. The number of ether oxygens (including phenoxy) is 1. The average molecular weight is 277 g/mol. The van der Waals surface area contributed by atoms with Crippen LogP contribution in [-0.2, 0) is 4.79 Å². The van der Waals surface area contributed by atoms with Crippen LogP contribution in [0.25, 0.3) is 0 Å². The van der Waals surface area contributed by atoms with Gasteiger partial charge in [0.15, 0.2) is 0 Å². The number of piperidine rings is 1. The second kappa shape index (κ2) is 5.45. The molecule has 1 aromatic rings. The average Bonchev–Trinajstić information content (AvgIpc) is 2.47. The van der Waals surface area contributed by atoms with Crippen molar-refractivity contribution in [1.29, 1.82) is 0 Å². The molecule has 0 radical (unpaired) electrons. The van der Waals surface area contributed by atoms with E-state index in [1.165, 1.54) is 11.3 Å². The van der Waals surface area contributed by atoms with Gasteiger partial charge in [-0.05, 0) is 36.1 Å². The molecule has 0 unspecified atom stereocenters. The Labute approximate surface area is 118 Å². The number of hydrogen-bond acceptors (Lipinski definition) is 3. The Morgan fingerprint density at radius 3 is 3.05 bits per heavy atom. The van der Waals surface area contributed by atoms with Crippen molar-refractivity contribution < 1.29 is 9.53 Å². The molecule has 2 saturated heterocycles. The molecule has 0 aliphatic carbocycles. The number of carbonyl (C=O) groups is 1. The third-order valence-corrected chi connectivity index (χ3v) is 5.36. The summed E-state index contributed by atoms with van der Waals surface area (Å²) >= 11 is 1.93. The molecule has 2 heterocycles. The van der Waals surface area contributed by atoms with Crippen LogP contribution in [0, 0.1) is 0 Å². The number of hydrogen-bond donors (Lipinski definition) is 0. The molecule has 0 bridgehead atoms. The van der Waals surface area contributed by atoms with E-state index in [-0.39, 0.29) is 0 Å². The quantitative estimate of drug-likeness (QED) is 0.832. The highest BCUT2D eigenvalue weighted by Crippen LogP contribution is 2.41. The lowest BCUT2D eigenvalue weighted by Gasteiger charge is -2.42. The van der Waals surface area contributed by atoms with Crippen molar-refractivity contribution in [3.63, 3.8) is 0 Å². The molecule has 19 heavy (non-hydrogen) atoms. The molecule has 2 atom stereocenters. The van der Waals surface area contributed by atoms with E-state index in [1.54, 1.807) is 7.11 Å². The highest BCUT2D eigenvalue weighted by atomic mass is 32.2. The van der Waals surface area contributed by atoms with Crippen LogP contribution in [0.5, 0.6) is 5.75 Å². The summed E-state index contributed by atoms with van der Waals surface area (Å²) in [6.45, 7) is 0.940. The Balaban J connectivity index is 1.84. The van der Waals surface area contributed by atoms with Crippen LogP contribution < -0.4 is 4.74 Å². The monoisotopic (exact) mass is 277 g/mol. The van der Waals surface area contributed by atoms with Gasteiger partial charge in [-0.3, -0.25) is 4.79 Å². The Kier molecular flexibility index (Phi) is 3.69. The maximum absolute atomic E-state index is 12.3. The number of rotatable bonds is 2. The Hall–Kier alpha value is -1.16. The summed E-state index contributed by atoms with van der Waals surface area (Å²) in [5.41, 5.74) is 1.18. The summed E-state index contributed by atoms with van der Waals surface area (Å²) in [5.74, 6) is 2.69. The highest BCUT2D eigenvalue weighted by Gasteiger charge is 2.36. The van der Waals surface area contributed by atoms with Crippen molar-refractivity contribution in [3.05, 3.63) is 29.8 Å². The van der Waals surface area contributed by atoms with E-state index < -0.39 is 0 Å². The first kappa shape index (κ1) is 12.9. The van der Waals surface area contributed by atoms with E-state index >= 15 is 0 Å². The maximum atomic E-state index is 12.3. The van der Waals surface area contributed by atoms with Crippen LogP contribution in [-0.4, -0.2) is 35.6 Å². The largest absolute Gasteiger partial charge is 0.496 e. The predicted molar refractivity (Wildman–Crippen MR) is 77.5 cm³/mol. The Morgan fingerprint density at radius 2 is 2.21 bits per heavy atom. The molecule has 0 N–H and O–H groups in total. The van der Waals surface area contributed by atoms with Crippen molar-refractivity contribution in [2.45, 2.75) is 30.6 Å². The van der Waals surface area contributed by atoms with E-state index in [1.807, 2.05) is 30.0 Å². The number of benzene rings is 1. The van der Waals surface area contributed by atoms with Gasteiger partial charge in [-0.2, -0.15) is 0 Å². The second-order valence-corrected chi connectivity index (χ2v) is 6.43. The van der Waals surface area contributed by atoms with Gasteiger partial charge >= 0.3 is 0 Å². The minimum absolute atomic E-state index is 0.301. The van der Waals surface area contributed by atoms with Crippen molar-refractivity contribution in [2.24, 2.45) is 0 Å². The molecule has 102 valence electrons. The smallest absolute Gasteiger partial charge is 0.224 e. The van der Waals surface area contributed by atoms with Crippen molar-refractivity contribution in [1.82, 2.24) is 4.90 Å². The fourth-order valence-corrected chi connectivity index (χ4v) is 4.40. The lowest BCUT2D eigenvalue weighted by Crippen LogP contribution is -2.47. The first-order valence-corrected chi connectivity index (χ1v) is 7.88. The van der Waals surface area contributed by atoms with Crippen LogP contribution in [0.3, 0.4) is 0 Å². The van der Waals surface area contributed by atoms with Gasteiger partial charge in [-0.1, -0.05) is 18.2 Å². The van der Waals surface area contributed by atoms with Gasteiger partial charge in [0.1, 0.15) is 5.75 Å². The van der Waals surface area contributed by atoms with Gasteiger partial charge < -0.3 is 9.64 Å². The van der Waals surface area contributed by atoms with Gasteiger partial charge in [-0.25, -0.2) is 0 Å². The minimum Gasteiger partial charge on any atom is -0.496 e. The van der Waals surface area contributed by atoms with Crippen LogP contribution in [0.2, 0.25) is 0 Å². The number of carbonyl (C=O) groups excluding carboxylic acids is 1. The van der Waals surface area contributed by atoms with Gasteiger partial charge in [0.05, 0.1) is 12.5 Å². The van der Waals surface area contributed by atoms with E-state index in [9.17, 15) is 4.79 Å². The predicted octanol–water partition coefficient (Wildman–Crippen LogP) is 2.86. The SMILES string of the molecule is COc1ccccc1[C@@H]1CC(=O)N2CCCS[C@H]2C1. The van der Waals surface area contributed by atoms with Gasteiger partial charge in [0.25, 0.3) is 0 Å². The fourth-order valence-electron chi connectivity index (χ4n) is 3.06. The zero-order valence-electron chi connectivity index (χ0n) is 11.2. The minimum atomic E-state index is 0.301. The first-order chi connectivity index (χ1) is 9.29. The summed E-state index contributed by atoms with van der Waals surface area (Å²) in [6.07, 6.45) is 2.81. The number of amides is 1. The number of nitrogens with zero attached hydrogens (tertiary/aromatic N) is 1. The molecule has 0 spiro atoms. The van der Waals surface area contributed by atoms with Gasteiger partial charge in [0, 0.05) is 13.0 Å². The zero-order chi connectivity index (χ0) is 13.2. The van der Waals surface area contributed by atoms with E-state index in [2.05, 4.69) is 11.0 Å². The molecule has 3 rings (SSSR count). The topological polar surface area (TPSA) is 29.5 Å². The molecule has 2 aliphatic heterocycles. The van der Waals surface area contributed by atoms with Gasteiger partial charge in [0.2, 0.25) is 5.91 Å². The molecule has 1 amide bonds. The number of thioether (sulfide) groups is 1. The van der Waals surface area contributed by atoms with E-state index in [4.69, 9.17) is 4.74 Å². The third kappa shape index (κ3) is 2.46. The lowest BCUT2D eigenvalue weighted by molar-refractivity contribution is -0.135. The standard InChI is InChI=1S/C15H19NO2S/c1-18-13-6-3-2-5-12(13)11-9-14(17)16-7-4-8-19-15(16)10-11/h2-3,5-6,11,15H,4,7-10H2,1H3/t11-,15+/m1/s1. The molecule has 0 aromatic heterocycles. The molecule has 1 aromatic carbocycles. The number of methoxy groups -OCH3 is 1. The highest BCUT2D eigenvalue weighted by molar-refractivity contribution is 7.99. The van der Waals surface area contributed by atoms with Crippen LogP contribution in [0.1, 0.15) is 30.7 Å². The van der Waals surface area contributed by atoms with E-state index in [0.29, 0.717) is 23.6 Å². The normalized spacial score (nSPS) is 27.0. The number of fused-ring (bicyclic) bond motifs is 1. The maximum Gasteiger partial charge on any atom is 0.224 e. The summed E-state index contributed by atoms with van der Waals surface area (Å²) in [7, 11) is 1.70. The van der Waals surface area contributed by atoms with Crippen molar-refractivity contribution in [2.75, 3.05) is 19.4 Å². The van der Waals surface area contributed by atoms with Crippen LogP contribution in [0.4, 0.5) is 0 Å². The second-order valence-electron chi connectivity index (χ2n) is 5.14. The summed E-state index contributed by atoms with van der Waals surface area (Å²) in [5, 5.41) is 0.366. The van der Waals surface area contributed by atoms with Crippen molar-refractivity contribution >= 4 is 17.7 Å². The first-order valence-electron chi connectivity index (χ1n) is 6.83. The third-order valence-electron chi connectivity index (χ3n) is 4.01. The molecule has 2 aliphatic rings. The van der Waals surface area contributed by atoms with Crippen LogP contribution >= 0.6 is 11.8 Å². The molecule has 2 fully saturated rings. The molecule has 3 nitrogen and oxygen atoms in total. The molecule has 0 saturated carbocycles. The molecular weight excluding hydrogens is 258 g/mol. The number of para-hydroxylation sites is 1. The van der Waals surface area contributed by atoms with Crippen molar-refractivity contribution in [3.8, 4) is 5.75 Å². The molecule has 4 heteroatoms. The van der Waals surface area contributed by atoms with Gasteiger partial charge in [-0.15, -0.1) is 11.8 Å². The fraction of sp³-hybridized carbons (Fsp3) is 0.533.